The van der Waals surface area contributed by atoms with Crippen molar-refractivity contribution >= 4 is 68.0 Å². The average Bonchev–Trinajstić information content (AvgIpc) is 2.75. The molecule has 3 rings (SSSR count). The number of halogens is 2. The summed E-state index contributed by atoms with van der Waals surface area (Å²) in [5, 5.41) is 9.07. The zero-order chi connectivity index (χ0) is 22.2. The maximum atomic E-state index is 14.1. The highest BCUT2D eigenvalue weighted by atomic mass is 79.9. The highest BCUT2D eigenvalue weighted by Crippen LogP contribution is 2.29. The summed E-state index contributed by atoms with van der Waals surface area (Å²) in [6.45, 7) is 1.93. The molecule has 0 aliphatic heterocycles. The van der Waals surface area contributed by atoms with Gasteiger partial charge in [-0.05, 0) is 67.2 Å². The highest BCUT2D eigenvalue weighted by Gasteiger charge is 2.19. The quantitative estimate of drug-likeness (QED) is 0.235. The number of amides is 1. The second-order valence-corrected chi connectivity index (χ2v) is 9.20. The largest absolute Gasteiger partial charge is 0.332 e. The Morgan fingerprint density at radius 3 is 2.42 bits per heavy atom. The van der Waals surface area contributed by atoms with Crippen LogP contribution in [0.15, 0.2) is 82.2 Å². The van der Waals surface area contributed by atoms with Crippen molar-refractivity contribution in [3.8, 4) is 0 Å². The smallest absolute Gasteiger partial charge is 0.237 e. The molecule has 0 heterocycles. The molecule has 31 heavy (non-hydrogen) atoms. The summed E-state index contributed by atoms with van der Waals surface area (Å²) in [4.78, 5) is 13.6. The lowest BCUT2D eigenvalue weighted by Crippen LogP contribution is -2.25. The Bertz CT molecular complexity index is 1070. The molecule has 0 saturated heterocycles. The van der Waals surface area contributed by atoms with E-state index < -0.39 is 5.82 Å². The van der Waals surface area contributed by atoms with Crippen molar-refractivity contribution in [1.29, 1.82) is 0 Å². The predicted molar refractivity (Wildman–Crippen MR) is 135 cm³/mol. The van der Waals surface area contributed by atoms with Gasteiger partial charge in [0, 0.05) is 20.7 Å². The Labute approximate surface area is 199 Å². The number of carbonyl (C=O) groups excluding carboxylic acids is 1. The van der Waals surface area contributed by atoms with Crippen LogP contribution in [0.1, 0.15) is 13.3 Å². The zero-order valence-corrected chi connectivity index (χ0v) is 19.9. The van der Waals surface area contributed by atoms with Gasteiger partial charge in [0.2, 0.25) is 5.91 Å². The van der Waals surface area contributed by atoms with E-state index in [1.54, 1.807) is 12.1 Å². The van der Waals surface area contributed by atoms with E-state index in [2.05, 4.69) is 31.9 Å². The molecule has 1 unspecified atom stereocenters. The first-order valence-corrected chi connectivity index (χ1v) is 11.7. The molecule has 8 heteroatoms. The van der Waals surface area contributed by atoms with Gasteiger partial charge in [-0.3, -0.25) is 4.79 Å². The van der Waals surface area contributed by atoms with Crippen LogP contribution in [-0.2, 0) is 4.79 Å². The molecular weight excluding hydrogens is 497 g/mol. The molecule has 0 radical (unpaired) electrons. The fraction of sp³-hybridized carbons (Fsp3) is 0.130. The van der Waals surface area contributed by atoms with Crippen molar-refractivity contribution in [3.05, 3.63) is 83.1 Å². The third kappa shape index (κ3) is 7.05. The molecular formula is C23H21BrFN3OS2. The number of rotatable bonds is 7. The molecule has 4 nitrogen and oxygen atoms in total. The van der Waals surface area contributed by atoms with E-state index in [0.29, 0.717) is 16.0 Å². The normalized spacial score (nSPS) is 11.5. The molecule has 0 aliphatic rings. The first-order chi connectivity index (χ1) is 14.9. The van der Waals surface area contributed by atoms with Gasteiger partial charge in [0.05, 0.1) is 10.9 Å². The third-order valence-electron chi connectivity index (χ3n) is 4.25. The molecule has 0 spiro atoms. The lowest BCUT2D eigenvalue weighted by atomic mass is 10.2. The number of nitrogens with one attached hydrogen (secondary N) is 3. The van der Waals surface area contributed by atoms with Gasteiger partial charge < -0.3 is 16.0 Å². The number of hydrogen-bond acceptors (Lipinski definition) is 3. The third-order valence-corrected chi connectivity index (χ3v) is 6.31. The SMILES string of the molecule is CCC(Sc1cccc(NC(=S)Nc2ccccc2)c1)C(=O)Nc1ccc(Br)cc1F. The minimum atomic E-state index is -0.479. The molecule has 0 aliphatic carbocycles. The molecule has 160 valence electrons. The van der Waals surface area contributed by atoms with E-state index in [0.717, 1.165) is 16.3 Å². The van der Waals surface area contributed by atoms with Crippen molar-refractivity contribution in [2.45, 2.75) is 23.5 Å². The maximum absolute atomic E-state index is 14.1. The molecule has 3 aromatic rings. The van der Waals surface area contributed by atoms with Gasteiger partial charge in [-0.25, -0.2) is 4.39 Å². The van der Waals surface area contributed by atoms with E-state index in [4.69, 9.17) is 12.2 Å². The van der Waals surface area contributed by atoms with E-state index in [1.807, 2.05) is 61.5 Å². The van der Waals surface area contributed by atoms with Crippen molar-refractivity contribution in [3.63, 3.8) is 0 Å². The second kappa shape index (κ2) is 11.3. The topological polar surface area (TPSA) is 53.2 Å². The lowest BCUT2D eigenvalue weighted by Gasteiger charge is -2.16. The molecule has 0 saturated carbocycles. The summed E-state index contributed by atoms with van der Waals surface area (Å²) in [7, 11) is 0. The monoisotopic (exact) mass is 517 g/mol. The van der Waals surface area contributed by atoms with Crippen molar-refractivity contribution in [1.82, 2.24) is 0 Å². The first kappa shape index (κ1) is 23.2. The van der Waals surface area contributed by atoms with Crippen molar-refractivity contribution in [2.24, 2.45) is 0 Å². The van der Waals surface area contributed by atoms with Crippen LogP contribution >= 0.6 is 39.9 Å². The maximum Gasteiger partial charge on any atom is 0.237 e. The Balaban J connectivity index is 1.62. The van der Waals surface area contributed by atoms with Gasteiger partial charge in [-0.2, -0.15) is 0 Å². The lowest BCUT2D eigenvalue weighted by molar-refractivity contribution is -0.115. The molecule has 0 bridgehead atoms. The van der Waals surface area contributed by atoms with E-state index in [9.17, 15) is 9.18 Å². The van der Waals surface area contributed by atoms with Crippen LogP contribution in [-0.4, -0.2) is 16.3 Å². The van der Waals surface area contributed by atoms with Gasteiger partial charge in [0.15, 0.2) is 5.11 Å². The van der Waals surface area contributed by atoms with Gasteiger partial charge in [-0.15, -0.1) is 11.8 Å². The van der Waals surface area contributed by atoms with Gasteiger partial charge in [0.25, 0.3) is 0 Å². The molecule has 1 amide bonds. The van der Waals surface area contributed by atoms with Crippen LogP contribution in [0, 0.1) is 5.82 Å². The number of hydrogen-bond donors (Lipinski definition) is 3. The minimum Gasteiger partial charge on any atom is -0.332 e. The Morgan fingerprint density at radius 2 is 1.71 bits per heavy atom. The average molecular weight is 518 g/mol. The number of thiocarbonyl (C=S) groups is 1. The van der Waals surface area contributed by atoms with Gasteiger partial charge >= 0.3 is 0 Å². The fourth-order valence-electron chi connectivity index (χ4n) is 2.75. The predicted octanol–water partition coefficient (Wildman–Crippen LogP) is 6.91. The zero-order valence-electron chi connectivity index (χ0n) is 16.7. The number of anilines is 3. The summed E-state index contributed by atoms with van der Waals surface area (Å²) >= 11 is 10.0. The van der Waals surface area contributed by atoms with E-state index >= 15 is 0 Å². The summed E-state index contributed by atoms with van der Waals surface area (Å²) in [5.74, 6) is -0.721. The first-order valence-electron chi connectivity index (χ1n) is 9.60. The number of benzene rings is 3. The number of para-hydroxylation sites is 1. The highest BCUT2D eigenvalue weighted by molar-refractivity contribution is 9.10. The van der Waals surface area contributed by atoms with E-state index in [1.165, 1.54) is 17.8 Å². The summed E-state index contributed by atoms with van der Waals surface area (Å²) in [6, 6.07) is 21.9. The molecule has 3 aromatic carbocycles. The number of thioether (sulfide) groups is 1. The summed E-state index contributed by atoms with van der Waals surface area (Å²) in [5.41, 5.74) is 1.88. The molecule has 1 atom stereocenters. The molecule has 0 aromatic heterocycles. The van der Waals surface area contributed by atoms with Crippen LogP contribution in [0.4, 0.5) is 21.5 Å². The van der Waals surface area contributed by atoms with Crippen LogP contribution < -0.4 is 16.0 Å². The van der Waals surface area contributed by atoms with Gasteiger partial charge in [0.1, 0.15) is 5.82 Å². The van der Waals surface area contributed by atoms with Crippen LogP contribution in [0.2, 0.25) is 0 Å². The Kier molecular flexibility index (Phi) is 8.45. The van der Waals surface area contributed by atoms with E-state index in [-0.39, 0.29) is 16.8 Å². The Hall–Kier alpha value is -2.42. The second-order valence-electron chi connectivity index (χ2n) is 6.60. The molecule has 3 N–H and O–H groups in total. The summed E-state index contributed by atoms with van der Waals surface area (Å²) in [6.07, 6.45) is 0.597. The fourth-order valence-corrected chi connectivity index (χ4v) is 4.33. The Morgan fingerprint density at radius 1 is 1.00 bits per heavy atom. The number of carbonyl (C=O) groups is 1. The van der Waals surface area contributed by atoms with Crippen LogP contribution in [0.3, 0.4) is 0 Å². The van der Waals surface area contributed by atoms with Crippen LogP contribution in [0.25, 0.3) is 0 Å². The van der Waals surface area contributed by atoms with Crippen LogP contribution in [0.5, 0.6) is 0 Å². The van der Waals surface area contributed by atoms with Crippen molar-refractivity contribution < 1.29 is 9.18 Å². The molecule has 0 fully saturated rings. The minimum absolute atomic E-state index is 0.167. The standard InChI is InChI=1S/C23H21BrFN3OS2/c1-2-21(22(29)28-20-12-11-15(24)13-19(20)25)31-18-10-6-9-17(14-18)27-23(30)26-16-7-4-3-5-8-16/h3-14,21H,2H2,1H3,(H,28,29)(H2,26,27,30). The van der Waals surface area contributed by atoms with Gasteiger partial charge in [-0.1, -0.05) is 47.1 Å². The summed E-state index contributed by atoms with van der Waals surface area (Å²) < 4.78 is 14.7. The van der Waals surface area contributed by atoms with Crippen molar-refractivity contribution in [2.75, 3.05) is 16.0 Å².